The lowest BCUT2D eigenvalue weighted by molar-refractivity contribution is 0.991. The van der Waals surface area contributed by atoms with Gasteiger partial charge in [0.25, 0.3) is 0 Å². The maximum absolute atomic E-state index is 6.22. The molecule has 0 radical (unpaired) electrons. The van der Waals surface area contributed by atoms with Gasteiger partial charge in [-0.05, 0) is 30.2 Å². The van der Waals surface area contributed by atoms with Crippen LogP contribution in [0, 0.1) is 0 Å². The SMILES string of the molecule is ClCc1c(Cl)cccc1N1CCc2ccccc21. The molecule has 0 N–H and O–H groups in total. The maximum atomic E-state index is 6.22. The molecular formula is C15H13Cl2N. The number of alkyl halides is 1. The van der Waals surface area contributed by atoms with E-state index < -0.39 is 0 Å². The first kappa shape index (κ1) is 11.9. The molecule has 1 aliphatic heterocycles. The maximum Gasteiger partial charge on any atom is 0.0509 e. The summed E-state index contributed by atoms with van der Waals surface area (Å²) in [7, 11) is 0. The number of nitrogens with zero attached hydrogens (tertiary/aromatic N) is 1. The molecule has 0 aromatic heterocycles. The lowest BCUT2D eigenvalue weighted by atomic mass is 10.1. The van der Waals surface area contributed by atoms with Crippen molar-refractivity contribution in [3.8, 4) is 0 Å². The normalized spacial score (nSPS) is 13.8. The Morgan fingerprint density at radius 3 is 2.61 bits per heavy atom. The van der Waals surface area contributed by atoms with Gasteiger partial charge in [-0.2, -0.15) is 0 Å². The molecule has 0 aliphatic carbocycles. The first-order valence-electron chi connectivity index (χ1n) is 6.00. The van der Waals surface area contributed by atoms with Gasteiger partial charge in [0.1, 0.15) is 0 Å². The van der Waals surface area contributed by atoms with Crippen LogP contribution in [0.3, 0.4) is 0 Å². The van der Waals surface area contributed by atoms with Crippen LogP contribution in [0.2, 0.25) is 5.02 Å². The Bertz CT molecular complexity index is 580. The summed E-state index contributed by atoms with van der Waals surface area (Å²) in [5.74, 6) is 0.438. The molecule has 2 aromatic rings. The highest BCUT2D eigenvalue weighted by Crippen LogP contribution is 2.38. The van der Waals surface area contributed by atoms with Crippen LogP contribution >= 0.6 is 23.2 Å². The van der Waals surface area contributed by atoms with Crippen LogP contribution in [0.1, 0.15) is 11.1 Å². The summed E-state index contributed by atoms with van der Waals surface area (Å²) in [6.45, 7) is 0.990. The fourth-order valence-electron chi connectivity index (χ4n) is 2.52. The highest BCUT2D eigenvalue weighted by molar-refractivity contribution is 6.32. The summed E-state index contributed by atoms with van der Waals surface area (Å²) < 4.78 is 0. The lowest BCUT2D eigenvalue weighted by Gasteiger charge is -2.22. The number of anilines is 2. The van der Waals surface area contributed by atoms with Crippen molar-refractivity contribution in [1.29, 1.82) is 0 Å². The molecule has 0 unspecified atom stereocenters. The topological polar surface area (TPSA) is 3.24 Å². The fourth-order valence-corrected chi connectivity index (χ4v) is 3.11. The first-order chi connectivity index (χ1) is 8.81. The van der Waals surface area contributed by atoms with Gasteiger partial charge in [-0.25, -0.2) is 0 Å². The van der Waals surface area contributed by atoms with Crippen molar-refractivity contribution in [2.45, 2.75) is 12.3 Å². The minimum Gasteiger partial charge on any atom is -0.341 e. The van der Waals surface area contributed by atoms with Crippen molar-refractivity contribution in [2.24, 2.45) is 0 Å². The Balaban J connectivity index is 2.10. The third-order valence-corrected chi connectivity index (χ3v) is 4.03. The van der Waals surface area contributed by atoms with Gasteiger partial charge in [0.2, 0.25) is 0 Å². The first-order valence-corrected chi connectivity index (χ1v) is 6.91. The minimum absolute atomic E-state index is 0.438. The molecule has 1 aliphatic rings. The Morgan fingerprint density at radius 1 is 1.00 bits per heavy atom. The van der Waals surface area contributed by atoms with E-state index in [1.165, 1.54) is 11.3 Å². The van der Waals surface area contributed by atoms with Crippen LogP contribution in [0.25, 0.3) is 0 Å². The lowest BCUT2D eigenvalue weighted by Crippen LogP contribution is -2.15. The fraction of sp³-hybridized carbons (Fsp3) is 0.200. The molecule has 0 atom stereocenters. The molecule has 0 saturated carbocycles. The number of rotatable bonds is 2. The van der Waals surface area contributed by atoms with E-state index in [0.717, 1.165) is 29.2 Å². The van der Waals surface area contributed by atoms with Crippen LogP contribution in [-0.4, -0.2) is 6.54 Å². The second-order valence-electron chi connectivity index (χ2n) is 4.40. The molecule has 0 fully saturated rings. The summed E-state index contributed by atoms with van der Waals surface area (Å²) in [4.78, 5) is 2.30. The van der Waals surface area contributed by atoms with E-state index in [2.05, 4.69) is 35.2 Å². The number of hydrogen-bond donors (Lipinski definition) is 0. The summed E-state index contributed by atoms with van der Waals surface area (Å²) in [5, 5.41) is 0.742. The second kappa shape index (κ2) is 4.83. The molecule has 3 heteroatoms. The van der Waals surface area contributed by atoms with E-state index >= 15 is 0 Å². The second-order valence-corrected chi connectivity index (χ2v) is 5.08. The van der Waals surface area contributed by atoms with Gasteiger partial charge in [0.15, 0.2) is 0 Å². The summed E-state index contributed by atoms with van der Waals surface area (Å²) in [6.07, 6.45) is 1.07. The van der Waals surface area contributed by atoms with Crippen molar-refractivity contribution < 1.29 is 0 Å². The molecule has 0 bridgehead atoms. The van der Waals surface area contributed by atoms with Crippen molar-refractivity contribution in [1.82, 2.24) is 0 Å². The molecular weight excluding hydrogens is 265 g/mol. The number of fused-ring (bicyclic) bond motifs is 1. The molecule has 18 heavy (non-hydrogen) atoms. The van der Waals surface area contributed by atoms with E-state index in [0.29, 0.717) is 5.88 Å². The predicted octanol–water partition coefficient (Wildman–Crippen LogP) is 4.77. The molecule has 3 rings (SSSR count). The largest absolute Gasteiger partial charge is 0.341 e. The van der Waals surface area contributed by atoms with E-state index in [-0.39, 0.29) is 0 Å². The average Bonchev–Trinajstić information content (AvgIpc) is 2.82. The van der Waals surface area contributed by atoms with Crippen LogP contribution in [-0.2, 0) is 12.3 Å². The summed E-state index contributed by atoms with van der Waals surface area (Å²) in [5.41, 5.74) is 4.80. The number of benzene rings is 2. The van der Waals surface area contributed by atoms with Gasteiger partial charge in [0.05, 0.1) is 5.88 Å². The smallest absolute Gasteiger partial charge is 0.0509 e. The average molecular weight is 278 g/mol. The Morgan fingerprint density at radius 2 is 1.78 bits per heavy atom. The highest BCUT2D eigenvalue weighted by Gasteiger charge is 2.22. The van der Waals surface area contributed by atoms with Gasteiger partial charge < -0.3 is 4.90 Å². The number of halogens is 2. The van der Waals surface area contributed by atoms with Gasteiger partial charge in [-0.3, -0.25) is 0 Å². The van der Waals surface area contributed by atoms with Crippen molar-refractivity contribution >= 4 is 34.6 Å². The Labute approximate surface area is 117 Å². The van der Waals surface area contributed by atoms with Crippen molar-refractivity contribution in [3.05, 3.63) is 58.6 Å². The van der Waals surface area contributed by atoms with E-state index in [4.69, 9.17) is 23.2 Å². The van der Waals surface area contributed by atoms with Crippen LogP contribution in [0.5, 0.6) is 0 Å². The van der Waals surface area contributed by atoms with Crippen LogP contribution in [0.4, 0.5) is 11.4 Å². The quantitative estimate of drug-likeness (QED) is 0.715. The van der Waals surface area contributed by atoms with Crippen molar-refractivity contribution in [3.63, 3.8) is 0 Å². The predicted molar refractivity (Wildman–Crippen MR) is 78.2 cm³/mol. The highest BCUT2D eigenvalue weighted by atomic mass is 35.5. The summed E-state index contributed by atoms with van der Waals surface area (Å²) >= 11 is 12.3. The Hall–Kier alpha value is -1.18. The standard InChI is InChI=1S/C15H13Cl2N/c16-10-12-13(17)5-3-7-15(12)18-9-8-11-4-1-2-6-14(11)18/h1-7H,8-10H2. The van der Waals surface area contributed by atoms with Crippen molar-refractivity contribution in [2.75, 3.05) is 11.4 Å². The number of hydrogen-bond acceptors (Lipinski definition) is 1. The van der Waals surface area contributed by atoms with E-state index in [1.54, 1.807) is 0 Å². The molecule has 0 saturated heterocycles. The molecule has 0 amide bonds. The molecule has 0 spiro atoms. The molecule has 1 nitrogen and oxygen atoms in total. The molecule has 2 aromatic carbocycles. The minimum atomic E-state index is 0.438. The Kier molecular flexibility index (Phi) is 3.19. The summed E-state index contributed by atoms with van der Waals surface area (Å²) in [6, 6.07) is 14.5. The van der Waals surface area contributed by atoms with Gasteiger partial charge >= 0.3 is 0 Å². The van der Waals surface area contributed by atoms with Crippen LogP contribution < -0.4 is 4.90 Å². The van der Waals surface area contributed by atoms with Crippen LogP contribution in [0.15, 0.2) is 42.5 Å². The zero-order valence-corrected chi connectivity index (χ0v) is 11.4. The zero-order valence-electron chi connectivity index (χ0n) is 9.87. The van der Waals surface area contributed by atoms with E-state index in [1.807, 2.05) is 12.1 Å². The molecule has 92 valence electrons. The van der Waals surface area contributed by atoms with Gasteiger partial charge in [0, 0.05) is 28.5 Å². The molecule has 1 heterocycles. The van der Waals surface area contributed by atoms with E-state index in [9.17, 15) is 0 Å². The number of para-hydroxylation sites is 1. The zero-order chi connectivity index (χ0) is 12.5. The third-order valence-electron chi connectivity index (χ3n) is 3.41. The van der Waals surface area contributed by atoms with Gasteiger partial charge in [-0.15, -0.1) is 11.6 Å². The van der Waals surface area contributed by atoms with Gasteiger partial charge in [-0.1, -0.05) is 35.9 Å². The third kappa shape index (κ3) is 1.88. The monoisotopic (exact) mass is 277 g/mol.